The van der Waals surface area contributed by atoms with Gasteiger partial charge in [0.15, 0.2) is 0 Å². The fourth-order valence-electron chi connectivity index (χ4n) is 3.12. The largest absolute Gasteiger partial charge is 0.444 e. The van der Waals surface area contributed by atoms with E-state index >= 15 is 0 Å². The predicted molar refractivity (Wildman–Crippen MR) is 110 cm³/mol. The van der Waals surface area contributed by atoms with Crippen LogP contribution in [0.25, 0.3) is 0 Å². The van der Waals surface area contributed by atoms with E-state index in [1.54, 1.807) is 11.9 Å². The number of likely N-dealkylation sites (tertiary alicyclic amines) is 1. The molecule has 7 nitrogen and oxygen atoms in total. The summed E-state index contributed by atoms with van der Waals surface area (Å²) in [5, 5.41) is 5.69. The summed E-state index contributed by atoms with van der Waals surface area (Å²) in [4.78, 5) is 30.3. The predicted octanol–water partition coefficient (Wildman–Crippen LogP) is 3.65. The minimum absolute atomic E-state index is 0.165. The molecule has 1 aliphatic heterocycles. The van der Waals surface area contributed by atoms with Gasteiger partial charge >= 0.3 is 6.09 Å². The Morgan fingerprint density at radius 3 is 2.46 bits per heavy atom. The van der Waals surface area contributed by atoms with E-state index in [1.165, 1.54) is 0 Å². The molecule has 0 aliphatic carbocycles. The second kappa shape index (κ2) is 9.57. The molecule has 0 unspecified atom stereocenters. The Kier molecular flexibility index (Phi) is 7.43. The van der Waals surface area contributed by atoms with Crippen molar-refractivity contribution in [2.75, 3.05) is 25.5 Å². The third-order valence-corrected chi connectivity index (χ3v) is 4.55. The van der Waals surface area contributed by atoms with Crippen LogP contribution in [0.2, 0.25) is 0 Å². The smallest absolute Gasteiger partial charge is 0.410 e. The number of nitrogens with one attached hydrogen (secondary N) is 2. The third kappa shape index (κ3) is 6.25. The van der Waals surface area contributed by atoms with E-state index in [9.17, 15) is 9.59 Å². The Balaban J connectivity index is 1.93. The van der Waals surface area contributed by atoms with Crippen molar-refractivity contribution < 1.29 is 14.3 Å². The molecule has 0 spiro atoms. The van der Waals surface area contributed by atoms with E-state index in [4.69, 9.17) is 4.74 Å². The lowest BCUT2D eigenvalue weighted by Gasteiger charge is -2.33. The van der Waals surface area contributed by atoms with E-state index in [0.717, 1.165) is 24.8 Å². The number of carbonyl (C=O) groups excluding carboxylic acids is 2. The highest BCUT2D eigenvalue weighted by molar-refractivity contribution is 5.95. The van der Waals surface area contributed by atoms with Crippen molar-refractivity contribution in [3.8, 4) is 0 Å². The van der Waals surface area contributed by atoms with Gasteiger partial charge < -0.3 is 20.3 Å². The number of rotatable bonds is 5. The van der Waals surface area contributed by atoms with Gasteiger partial charge in [0.05, 0.1) is 0 Å². The number of amides is 2. The molecule has 0 bridgehead atoms. The van der Waals surface area contributed by atoms with E-state index in [1.807, 2.05) is 52.1 Å². The maximum absolute atomic E-state index is 12.2. The summed E-state index contributed by atoms with van der Waals surface area (Å²) >= 11 is 0. The van der Waals surface area contributed by atoms with E-state index in [-0.39, 0.29) is 12.0 Å². The molecule has 1 saturated heterocycles. The first-order chi connectivity index (χ1) is 13.2. The van der Waals surface area contributed by atoms with Gasteiger partial charge in [-0.15, -0.1) is 0 Å². The lowest BCUT2D eigenvalue weighted by Crippen LogP contribution is -2.41. The van der Waals surface area contributed by atoms with Crippen LogP contribution in [0.1, 0.15) is 58.4 Å². The molecule has 28 heavy (non-hydrogen) atoms. The summed E-state index contributed by atoms with van der Waals surface area (Å²) in [5.41, 5.74) is 1.17. The first-order valence-corrected chi connectivity index (χ1v) is 9.86. The number of nitrogens with zero attached hydrogens (tertiary/aromatic N) is 2. The Hall–Kier alpha value is -2.57. The van der Waals surface area contributed by atoms with Crippen molar-refractivity contribution in [1.82, 2.24) is 15.2 Å². The molecule has 1 aromatic rings. The molecular weight excluding hydrogens is 356 g/mol. The maximum atomic E-state index is 12.2. The van der Waals surface area contributed by atoms with Crippen LogP contribution in [-0.4, -0.2) is 47.6 Å². The van der Waals surface area contributed by atoms with Crippen molar-refractivity contribution in [1.29, 1.82) is 0 Å². The second-order valence-corrected chi connectivity index (χ2v) is 7.95. The lowest BCUT2D eigenvalue weighted by molar-refractivity contribution is -0.116. The van der Waals surface area contributed by atoms with Crippen LogP contribution in [-0.2, 0) is 9.53 Å². The summed E-state index contributed by atoms with van der Waals surface area (Å²) < 4.78 is 5.45. The average Bonchev–Trinajstić information content (AvgIpc) is 2.66. The van der Waals surface area contributed by atoms with Crippen molar-refractivity contribution >= 4 is 17.8 Å². The highest BCUT2D eigenvalue weighted by atomic mass is 16.6. The number of aromatic nitrogens is 1. The van der Waals surface area contributed by atoms with Crippen LogP contribution in [0.5, 0.6) is 0 Å². The molecule has 0 saturated carbocycles. The Labute approximate surface area is 167 Å². The van der Waals surface area contributed by atoms with Crippen LogP contribution in [0.3, 0.4) is 0 Å². The number of hydrogen-bond acceptors (Lipinski definition) is 5. The number of likely N-dealkylation sites (N-methyl/N-ethyl adjacent to an activating group) is 1. The van der Waals surface area contributed by atoms with Gasteiger partial charge in [-0.2, -0.15) is 0 Å². The van der Waals surface area contributed by atoms with Gasteiger partial charge in [0.25, 0.3) is 5.91 Å². The van der Waals surface area contributed by atoms with Gasteiger partial charge in [-0.1, -0.05) is 19.1 Å². The fraction of sp³-hybridized carbons (Fsp3) is 0.571. The molecule has 7 heteroatoms. The van der Waals surface area contributed by atoms with Crippen molar-refractivity contribution in [2.45, 2.75) is 58.5 Å². The zero-order chi connectivity index (χ0) is 20.7. The number of pyridine rings is 1. The topological polar surface area (TPSA) is 83.6 Å². The monoisotopic (exact) mass is 388 g/mol. The Bertz CT molecular complexity index is 699. The molecule has 0 atom stereocenters. The summed E-state index contributed by atoms with van der Waals surface area (Å²) in [6.45, 7) is 8.97. The molecule has 1 fully saturated rings. The first kappa shape index (κ1) is 21.7. The van der Waals surface area contributed by atoms with Crippen LogP contribution in [0.4, 0.5) is 10.6 Å². The summed E-state index contributed by atoms with van der Waals surface area (Å²) in [6.07, 6.45) is 5.96. The van der Waals surface area contributed by atoms with Gasteiger partial charge in [-0.05, 0) is 57.6 Å². The number of hydrogen-bond donors (Lipinski definition) is 2. The lowest BCUT2D eigenvalue weighted by atomic mass is 9.90. The zero-order valence-corrected chi connectivity index (χ0v) is 17.5. The van der Waals surface area contributed by atoms with E-state index < -0.39 is 5.60 Å². The molecule has 2 rings (SSSR count). The standard InChI is InChI=1S/C21H32N4O3/c1-6-7-17(19(26)22-5)24-18-9-8-16(14-23-18)15-10-12-25(13-11-15)20(27)28-21(2,3)4/h7-9,14-15H,6,10-13H2,1-5H3,(H,22,26)(H,23,24)/b17-7+. The third-order valence-electron chi connectivity index (χ3n) is 4.55. The molecule has 2 amide bonds. The van der Waals surface area contributed by atoms with Gasteiger partial charge in [-0.3, -0.25) is 4.79 Å². The normalized spacial score (nSPS) is 15.9. The Morgan fingerprint density at radius 2 is 1.96 bits per heavy atom. The highest BCUT2D eigenvalue weighted by Crippen LogP contribution is 2.29. The van der Waals surface area contributed by atoms with Gasteiger partial charge in [0, 0.05) is 26.3 Å². The SMILES string of the molecule is CC/C=C(/Nc1ccc(C2CCN(C(=O)OC(C)(C)C)CC2)cn1)C(=O)NC. The van der Waals surface area contributed by atoms with E-state index in [2.05, 4.69) is 15.6 Å². The summed E-state index contributed by atoms with van der Waals surface area (Å²) in [5.74, 6) is 0.838. The summed E-state index contributed by atoms with van der Waals surface area (Å²) in [7, 11) is 1.60. The second-order valence-electron chi connectivity index (χ2n) is 7.95. The number of piperidine rings is 1. The number of allylic oxidation sites excluding steroid dienone is 1. The molecule has 0 aromatic carbocycles. The number of ether oxygens (including phenoxy) is 1. The molecular formula is C21H32N4O3. The molecule has 154 valence electrons. The van der Waals surface area contributed by atoms with Crippen molar-refractivity contribution in [2.24, 2.45) is 0 Å². The molecule has 2 heterocycles. The maximum Gasteiger partial charge on any atom is 0.410 e. The quantitative estimate of drug-likeness (QED) is 0.752. The number of anilines is 1. The van der Waals surface area contributed by atoms with E-state index in [0.29, 0.717) is 30.5 Å². The fourth-order valence-corrected chi connectivity index (χ4v) is 3.12. The van der Waals surface area contributed by atoms with Gasteiger partial charge in [0.1, 0.15) is 17.1 Å². The van der Waals surface area contributed by atoms with Crippen LogP contribution < -0.4 is 10.6 Å². The van der Waals surface area contributed by atoms with Crippen LogP contribution >= 0.6 is 0 Å². The zero-order valence-electron chi connectivity index (χ0n) is 17.5. The number of carbonyl (C=O) groups is 2. The average molecular weight is 389 g/mol. The first-order valence-electron chi connectivity index (χ1n) is 9.86. The molecule has 0 radical (unpaired) electrons. The summed E-state index contributed by atoms with van der Waals surface area (Å²) in [6, 6.07) is 3.93. The van der Waals surface area contributed by atoms with Gasteiger partial charge in [-0.25, -0.2) is 9.78 Å². The Morgan fingerprint density at radius 1 is 1.29 bits per heavy atom. The van der Waals surface area contributed by atoms with Gasteiger partial charge in [0.2, 0.25) is 0 Å². The van der Waals surface area contributed by atoms with Crippen LogP contribution in [0, 0.1) is 0 Å². The molecule has 2 N–H and O–H groups in total. The minimum Gasteiger partial charge on any atom is -0.444 e. The van der Waals surface area contributed by atoms with Crippen LogP contribution in [0.15, 0.2) is 30.1 Å². The van der Waals surface area contributed by atoms with Crippen molar-refractivity contribution in [3.05, 3.63) is 35.7 Å². The van der Waals surface area contributed by atoms with Crippen molar-refractivity contribution in [3.63, 3.8) is 0 Å². The highest BCUT2D eigenvalue weighted by Gasteiger charge is 2.27. The minimum atomic E-state index is -0.472. The molecule has 1 aromatic heterocycles. The molecule has 1 aliphatic rings.